The Morgan fingerprint density at radius 1 is 1.83 bits per heavy atom. The predicted octanol–water partition coefficient (Wildman–Crippen LogP) is 1.31. The molecule has 0 amide bonds. The first-order chi connectivity index (χ1) is 5.42. The van der Waals surface area contributed by atoms with Crippen LogP contribution in [0.15, 0.2) is 12.7 Å². The molecule has 0 spiro atoms. The molecule has 5 heteroatoms. The van der Waals surface area contributed by atoms with Gasteiger partial charge in [0, 0.05) is 13.3 Å². The van der Waals surface area contributed by atoms with Crippen LogP contribution >= 0.6 is 8.03 Å². The second-order valence-electron chi connectivity index (χ2n) is 2.62. The number of hydrogen-bond acceptors (Lipinski definition) is 3. The Kier molecular flexibility index (Phi) is 4.21. The molecule has 0 aliphatic heterocycles. The summed E-state index contributed by atoms with van der Waals surface area (Å²) in [4.78, 5) is 19.4. The van der Waals surface area contributed by atoms with Crippen molar-refractivity contribution in [2.24, 2.45) is 0 Å². The molecule has 0 aromatic carbocycles. The molecule has 1 N–H and O–H groups in total. The lowest BCUT2D eigenvalue weighted by atomic mass is 10.3. The van der Waals surface area contributed by atoms with E-state index in [-0.39, 0.29) is 6.42 Å². The van der Waals surface area contributed by atoms with Gasteiger partial charge in [0.25, 0.3) is 0 Å². The van der Waals surface area contributed by atoms with E-state index in [2.05, 4.69) is 6.58 Å². The van der Waals surface area contributed by atoms with Gasteiger partial charge >= 0.3 is 5.97 Å². The monoisotopic (exact) mass is 192 g/mol. The van der Waals surface area contributed by atoms with Crippen LogP contribution in [0.5, 0.6) is 0 Å². The highest BCUT2D eigenvalue weighted by molar-refractivity contribution is 7.39. The van der Waals surface area contributed by atoms with Crippen molar-refractivity contribution in [3.8, 4) is 0 Å². The Morgan fingerprint density at radius 2 is 2.33 bits per heavy atom. The lowest BCUT2D eigenvalue weighted by Crippen LogP contribution is -2.25. The van der Waals surface area contributed by atoms with Gasteiger partial charge in [-0.05, 0) is 6.92 Å². The molecule has 4 nitrogen and oxygen atoms in total. The summed E-state index contributed by atoms with van der Waals surface area (Å²) in [6.07, 6.45) is 1.63. The van der Waals surface area contributed by atoms with Crippen LogP contribution in [0.4, 0.5) is 0 Å². The van der Waals surface area contributed by atoms with Crippen LogP contribution in [0.25, 0.3) is 0 Å². The van der Waals surface area contributed by atoms with Crippen molar-refractivity contribution >= 4 is 14.0 Å². The second-order valence-corrected chi connectivity index (χ2v) is 4.29. The number of hydrogen-bond donors (Lipinski definition) is 1. The standard InChI is InChI=1S/C7H13O4P/c1-4-5-7(3,12(9)10)11-6(2)8/h4,12H,1,5H2,2-3H3,(H,9,10). The van der Waals surface area contributed by atoms with E-state index >= 15 is 0 Å². The molecule has 12 heavy (non-hydrogen) atoms. The highest BCUT2D eigenvalue weighted by Crippen LogP contribution is 2.39. The van der Waals surface area contributed by atoms with Gasteiger partial charge < -0.3 is 9.63 Å². The highest BCUT2D eigenvalue weighted by Gasteiger charge is 2.32. The average molecular weight is 192 g/mol. The molecule has 0 radical (unpaired) electrons. The number of rotatable bonds is 4. The van der Waals surface area contributed by atoms with E-state index in [0.29, 0.717) is 0 Å². The van der Waals surface area contributed by atoms with E-state index in [1.807, 2.05) is 0 Å². The maximum absolute atomic E-state index is 10.8. The lowest BCUT2D eigenvalue weighted by molar-refractivity contribution is -0.148. The smallest absolute Gasteiger partial charge is 0.303 e. The van der Waals surface area contributed by atoms with Gasteiger partial charge in [-0.3, -0.25) is 9.36 Å². The minimum atomic E-state index is -2.89. The fourth-order valence-electron chi connectivity index (χ4n) is 0.765. The molecule has 2 unspecified atom stereocenters. The number of carbonyl (C=O) groups excluding carboxylic acids is 1. The molecule has 0 aliphatic rings. The number of carbonyl (C=O) groups is 1. The molecule has 70 valence electrons. The molecular weight excluding hydrogens is 179 g/mol. The van der Waals surface area contributed by atoms with Gasteiger partial charge in [-0.15, -0.1) is 6.58 Å². The third-order valence-corrected chi connectivity index (χ3v) is 2.57. The minimum Gasteiger partial charge on any atom is -0.449 e. The number of ether oxygens (including phenoxy) is 1. The lowest BCUT2D eigenvalue weighted by Gasteiger charge is -2.24. The van der Waals surface area contributed by atoms with Crippen LogP contribution < -0.4 is 0 Å². The van der Waals surface area contributed by atoms with Crippen LogP contribution in [0.1, 0.15) is 20.3 Å². The minimum absolute atomic E-state index is 0.181. The van der Waals surface area contributed by atoms with E-state index in [1.54, 1.807) is 0 Å². The largest absolute Gasteiger partial charge is 0.449 e. The van der Waals surface area contributed by atoms with E-state index in [9.17, 15) is 9.36 Å². The van der Waals surface area contributed by atoms with Gasteiger partial charge in [-0.25, -0.2) is 0 Å². The molecule has 0 bridgehead atoms. The summed E-state index contributed by atoms with van der Waals surface area (Å²) >= 11 is 0. The van der Waals surface area contributed by atoms with Gasteiger partial charge in [0.1, 0.15) is 0 Å². The van der Waals surface area contributed by atoms with Gasteiger partial charge in [0.2, 0.25) is 8.03 Å². The number of esters is 1. The Bertz CT molecular complexity index is 213. The molecule has 2 atom stereocenters. The second kappa shape index (κ2) is 4.43. The Balaban J connectivity index is 4.49. The van der Waals surface area contributed by atoms with Gasteiger partial charge in [0.15, 0.2) is 5.34 Å². The summed E-state index contributed by atoms with van der Waals surface area (Å²) in [7, 11) is -2.89. The molecular formula is C7H13O4P. The summed E-state index contributed by atoms with van der Waals surface area (Å²) in [6, 6.07) is 0. The maximum Gasteiger partial charge on any atom is 0.303 e. The van der Waals surface area contributed by atoms with Crippen LogP contribution in [0, 0.1) is 0 Å². The molecule has 0 saturated carbocycles. The van der Waals surface area contributed by atoms with Crippen molar-refractivity contribution in [3.05, 3.63) is 12.7 Å². The quantitative estimate of drug-likeness (QED) is 0.414. The predicted molar refractivity (Wildman–Crippen MR) is 46.2 cm³/mol. The zero-order valence-electron chi connectivity index (χ0n) is 7.16. The topological polar surface area (TPSA) is 63.6 Å². The molecule has 0 saturated heterocycles. The Morgan fingerprint density at radius 3 is 2.58 bits per heavy atom. The Hall–Kier alpha value is -0.600. The summed E-state index contributed by atoms with van der Waals surface area (Å²) in [5.74, 6) is -0.563. The highest BCUT2D eigenvalue weighted by atomic mass is 31.1. The van der Waals surface area contributed by atoms with E-state index in [1.165, 1.54) is 19.9 Å². The zero-order valence-corrected chi connectivity index (χ0v) is 8.16. The molecule has 0 aromatic rings. The van der Waals surface area contributed by atoms with Gasteiger partial charge in [-0.2, -0.15) is 0 Å². The average Bonchev–Trinajstić information content (AvgIpc) is 1.85. The normalized spacial score (nSPS) is 17.6. The molecule has 0 aliphatic carbocycles. The third kappa shape index (κ3) is 3.20. The van der Waals surface area contributed by atoms with E-state index in [4.69, 9.17) is 9.63 Å². The van der Waals surface area contributed by atoms with Gasteiger partial charge in [-0.1, -0.05) is 6.08 Å². The zero-order chi connectivity index (χ0) is 9.78. The molecule has 0 heterocycles. The van der Waals surface area contributed by atoms with Crippen LogP contribution in [-0.2, 0) is 14.1 Å². The fourth-order valence-corrected chi connectivity index (χ4v) is 1.32. The summed E-state index contributed by atoms with van der Waals surface area (Å²) in [5.41, 5.74) is 0. The summed E-state index contributed by atoms with van der Waals surface area (Å²) in [6.45, 7) is 6.02. The first kappa shape index (κ1) is 11.4. The van der Waals surface area contributed by atoms with E-state index < -0.39 is 19.3 Å². The van der Waals surface area contributed by atoms with Crippen molar-refractivity contribution in [2.45, 2.75) is 25.6 Å². The van der Waals surface area contributed by atoms with Crippen LogP contribution in [-0.4, -0.2) is 16.2 Å². The first-order valence-electron chi connectivity index (χ1n) is 3.46. The van der Waals surface area contributed by atoms with Crippen molar-refractivity contribution < 1.29 is 19.0 Å². The molecule has 0 rings (SSSR count). The van der Waals surface area contributed by atoms with Crippen LogP contribution in [0.3, 0.4) is 0 Å². The molecule has 0 aromatic heterocycles. The fraction of sp³-hybridized carbons (Fsp3) is 0.571. The van der Waals surface area contributed by atoms with Crippen molar-refractivity contribution in [3.63, 3.8) is 0 Å². The summed E-state index contributed by atoms with van der Waals surface area (Å²) in [5, 5.41) is -1.29. The summed E-state index contributed by atoms with van der Waals surface area (Å²) < 4.78 is 15.5. The SMILES string of the molecule is C=CCC(C)(OC(C)=O)[PH](=O)O. The Labute approximate surface area is 72.1 Å². The van der Waals surface area contributed by atoms with Crippen molar-refractivity contribution in [2.75, 3.05) is 0 Å². The van der Waals surface area contributed by atoms with Crippen molar-refractivity contribution in [1.29, 1.82) is 0 Å². The molecule has 0 fully saturated rings. The maximum atomic E-state index is 10.8. The van der Waals surface area contributed by atoms with Crippen molar-refractivity contribution in [1.82, 2.24) is 0 Å². The van der Waals surface area contributed by atoms with Gasteiger partial charge in [0.05, 0.1) is 0 Å². The van der Waals surface area contributed by atoms with E-state index in [0.717, 1.165) is 0 Å². The first-order valence-corrected chi connectivity index (χ1v) is 4.82. The third-order valence-electron chi connectivity index (χ3n) is 1.36. The van der Waals surface area contributed by atoms with Crippen LogP contribution in [0.2, 0.25) is 0 Å².